The van der Waals surface area contributed by atoms with Crippen molar-refractivity contribution < 1.29 is 18.0 Å². The van der Waals surface area contributed by atoms with Crippen molar-refractivity contribution in [2.24, 2.45) is 11.8 Å². The van der Waals surface area contributed by atoms with Crippen LogP contribution in [0.3, 0.4) is 0 Å². The summed E-state index contributed by atoms with van der Waals surface area (Å²) in [6, 6.07) is 0. The summed E-state index contributed by atoms with van der Waals surface area (Å²) in [4.78, 5) is 13.4. The molecule has 2 rings (SSSR count). The molecule has 0 unspecified atom stereocenters. The van der Waals surface area contributed by atoms with Crippen molar-refractivity contribution in [2.45, 2.75) is 25.4 Å². The Hall–Kier alpha value is -0.780. The van der Waals surface area contributed by atoms with Crippen molar-refractivity contribution in [1.29, 1.82) is 0 Å². The van der Waals surface area contributed by atoms with Gasteiger partial charge in [0, 0.05) is 19.0 Å². The van der Waals surface area contributed by atoms with Crippen LogP contribution >= 0.6 is 0 Å². The molecule has 1 atom stereocenters. The second-order valence-corrected chi connectivity index (χ2v) is 4.84. The van der Waals surface area contributed by atoms with E-state index in [1.54, 1.807) is 0 Å². The van der Waals surface area contributed by atoms with Gasteiger partial charge in [0.1, 0.15) is 0 Å². The first-order valence-electron chi connectivity index (χ1n) is 6.04. The zero-order valence-electron chi connectivity index (χ0n) is 9.59. The topological polar surface area (TPSA) is 32.3 Å². The van der Waals surface area contributed by atoms with Crippen LogP contribution in [-0.2, 0) is 4.79 Å². The van der Waals surface area contributed by atoms with E-state index in [1.165, 1.54) is 4.90 Å². The van der Waals surface area contributed by atoms with E-state index in [0.29, 0.717) is 0 Å². The molecule has 6 heteroatoms. The first-order chi connectivity index (χ1) is 7.98. The van der Waals surface area contributed by atoms with E-state index in [0.717, 1.165) is 25.9 Å². The van der Waals surface area contributed by atoms with Crippen LogP contribution < -0.4 is 5.32 Å². The van der Waals surface area contributed by atoms with Gasteiger partial charge < -0.3 is 10.2 Å². The van der Waals surface area contributed by atoms with Crippen LogP contribution in [0.2, 0.25) is 0 Å². The predicted molar refractivity (Wildman–Crippen MR) is 56.3 cm³/mol. The lowest BCUT2D eigenvalue weighted by atomic mass is 9.97. The highest BCUT2D eigenvalue weighted by atomic mass is 19.4. The molecule has 0 aliphatic carbocycles. The normalized spacial score (nSPS) is 27.5. The third-order valence-electron chi connectivity index (χ3n) is 3.65. The molecule has 0 aromatic heterocycles. The van der Waals surface area contributed by atoms with Gasteiger partial charge >= 0.3 is 6.18 Å². The molecule has 1 N–H and O–H groups in total. The highest BCUT2D eigenvalue weighted by Gasteiger charge is 2.45. The van der Waals surface area contributed by atoms with Gasteiger partial charge in [-0.05, 0) is 32.4 Å². The molecule has 98 valence electrons. The van der Waals surface area contributed by atoms with Crippen molar-refractivity contribution in [3.05, 3.63) is 0 Å². The number of likely N-dealkylation sites (tertiary alicyclic amines) is 1. The lowest BCUT2D eigenvalue weighted by Gasteiger charge is -2.27. The van der Waals surface area contributed by atoms with E-state index in [1.807, 2.05) is 0 Å². The van der Waals surface area contributed by atoms with E-state index in [-0.39, 0.29) is 31.3 Å². The molecule has 2 heterocycles. The van der Waals surface area contributed by atoms with Gasteiger partial charge in [0.05, 0.1) is 5.92 Å². The maximum Gasteiger partial charge on any atom is 0.393 e. The molecule has 17 heavy (non-hydrogen) atoms. The summed E-state index contributed by atoms with van der Waals surface area (Å²) in [5.41, 5.74) is 0. The van der Waals surface area contributed by atoms with Gasteiger partial charge in [-0.15, -0.1) is 0 Å². The van der Waals surface area contributed by atoms with Crippen molar-refractivity contribution in [2.75, 3.05) is 26.2 Å². The SMILES string of the molecule is O=C(C1CCNCC1)N1CC[C@@H](C(F)(F)F)C1. The Labute approximate surface area is 98.3 Å². The minimum atomic E-state index is -4.16. The van der Waals surface area contributed by atoms with E-state index in [4.69, 9.17) is 0 Å². The van der Waals surface area contributed by atoms with Crippen molar-refractivity contribution in [3.63, 3.8) is 0 Å². The monoisotopic (exact) mass is 250 g/mol. The van der Waals surface area contributed by atoms with Gasteiger partial charge in [0.25, 0.3) is 0 Å². The molecule has 2 aliphatic heterocycles. The number of halogens is 3. The summed E-state index contributed by atoms with van der Waals surface area (Å²) in [7, 11) is 0. The Morgan fingerprint density at radius 1 is 1.18 bits per heavy atom. The van der Waals surface area contributed by atoms with Crippen LogP contribution in [0.5, 0.6) is 0 Å². The van der Waals surface area contributed by atoms with Crippen LogP contribution in [0.4, 0.5) is 13.2 Å². The van der Waals surface area contributed by atoms with Crippen LogP contribution in [0.25, 0.3) is 0 Å². The molecule has 2 fully saturated rings. The van der Waals surface area contributed by atoms with Gasteiger partial charge in [-0.25, -0.2) is 0 Å². The molecule has 0 radical (unpaired) electrons. The Kier molecular flexibility index (Phi) is 3.61. The second kappa shape index (κ2) is 4.84. The number of rotatable bonds is 1. The Bertz CT molecular complexity index is 287. The maximum absolute atomic E-state index is 12.5. The number of amides is 1. The average Bonchev–Trinajstić information content (AvgIpc) is 2.78. The zero-order chi connectivity index (χ0) is 12.5. The molecule has 2 aliphatic rings. The number of hydrogen-bond donors (Lipinski definition) is 1. The first-order valence-corrected chi connectivity index (χ1v) is 6.04. The molecule has 0 aromatic carbocycles. The number of alkyl halides is 3. The van der Waals surface area contributed by atoms with Crippen molar-refractivity contribution in [1.82, 2.24) is 10.2 Å². The number of piperidine rings is 1. The van der Waals surface area contributed by atoms with E-state index in [9.17, 15) is 18.0 Å². The van der Waals surface area contributed by atoms with Crippen LogP contribution in [0.15, 0.2) is 0 Å². The quantitative estimate of drug-likeness (QED) is 0.763. The minimum absolute atomic E-state index is 0.0558. The standard InChI is InChI=1S/C11H17F3N2O/c12-11(13,14)9-3-6-16(7-9)10(17)8-1-4-15-5-2-8/h8-9,15H,1-7H2/t9-/m1/s1. The molecule has 0 spiro atoms. The average molecular weight is 250 g/mol. The number of hydrogen-bond acceptors (Lipinski definition) is 2. The third-order valence-corrected chi connectivity index (χ3v) is 3.65. The number of carbonyl (C=O) groups is 1. The van der Waals surface area contributed by atoms with Crippen LogP contribution in [-0.4, -0.2) is 43.2 Å². The summed E-state index contributed by atoms with van der Waals surface area (Å²) < 4.78 is 37.5. The number of nitrogens with zero attached hydrogens (tertiary/aromatic N) is 1. The fraction of sp³-hybridized carbons (Fsp3) is 0.909. The molecule has 0 bridgehead atoms. The lowest BCUT2D eigenvalue weighted by molar-refractivity contribution is -0.171. The number of nitrogens with one attached hydrogen (secondary N) is 1. The Morgan fingerprint density at radius 3 is 2.35 bits per heavy atom. The smallest absolute Gasteiger partial charge is 0.342 e. The fourth-order valence-electron chi connectivity index (χ4n) is 2.55. The van der Waals surface area contributed by atoms with E-state index >= 15 is 0 Å². The summed E-state index contributed by atoms with van der Waals surface area (Å²) in [5.74, 6) is -1.49. The lowest BCUT2D eigenvalue weighted by Crippen LogP contribution is -2.40. The molecular formula is C11H17F3N2O. The highest BCUT2D eigenvalue weighted by molar-refractivity contribution is 5.79. The zero-order valence-corrected chi connectivity index (χ0v) is 9.59. The molecule has 2 saturated heterocycles. The predicted octanol–water partition coefficient (Wildman–Crippen LogP) is 1.40. The summed E-state index contributed by atoms with van der Waals surface area (Å²) in [6.45, 7) is 1.68. The van der Waals surface area contributed by atoms with Gasteiger partial charge in [-0.2, -0.15) is 13.2 Å². The van der Waals surface area contributed by atoms with E-state index < -0.39 is 12.1 Å². The molecule has 1 amide bonds. The molecular weight excluding hydrogens is 233 g/mol. The highest BCUT2D eigenvalue weighted by Crippen LogP contribution is 2.34. The molecule has 3 nitrogen and oxygen atoms in total. The first kappa shape index (κ1) is 12.7. The summed E-state index contributed by atoms with van der Waals surface area (Å²) in [6.07, 6.45) is -2.62. The molecule has 0 aromatic rings. The van der Waals surface area contributed by atoms with Crippen molar-refractivity contribution in [3.8, 4) is 0 Å². The third kappa shape index (κ3) is 2.91. The maximum atomic E-state index is 12.5. The van der Waals surface area contributed by atoms with Gasteiger partial charge in [-0.3, -0.25) is 4.79 Å². The fourth-order valence-corrected chi connectivity index (χ4v) is 2.55. The summed E-state index contributed by atoms with van der Waals surface area (Å²) in [5, 5.41) is 3.14. The Balaban J connectivity index is 1.89. The largest absolute Gasteiger partial charge is 0.393 e. The van der Waals surface area contributed by atoms with Gasteiger partial charge in [-0.1, -0.05) is 0 Å². The van der Waals surface area contributed by atoms with Gasteiger partial charge in [0.15, 0.2) is 0 Å². The number of carbonyl (C=O) groups excluding carboxylic acids is 1. The van der Waals surface area contributed by atoms with Gasteiger partial charge in [0.2, 0.25) is 5.91 Å². The summed E-state index contributed by atoms with van der Waals surface area (Å²) >= 11 is 0. The van der Waals surface area contributed by atoms with Crippen LogP contribution in [0, 0.1) is 11.8 Å². The molecule has 0 saturated carbocycles. The van der Waals surface area contributed by atoms with E-state index in [2.05, 4.69) is 5.32 Å². The second-order valence-electron chi connectivity index (χ2n) is 4.84. The Morgan fingerprint density at radius 2 is 1.82 bits per heavy atom. The van der Waals surface area contributed by atoms with Crippen LogP contribution in [0.1, 0.15) is 19.3 Å². The minimum Gasteiger partial charge on any atom is -0.342 e. The van der Waals surface area contributed by atoms with Crippen molar-refractivity contribution >= 4 is 5.91 Å².